The molecule has 1 aromatic carbocycles. The average Bonchev–Trinajstić information content (AvgIpc) is 2.60. The van der Waals surface area contributed by atoms with E-state index in [2.05, 4.69) is 4.74 Å². The molecule has 0 amide bonds. The molecule has 1 aliphatic heterocycles. The van der Waals surface area contributed by atoms with E-state index in [9.17, 15) is 19.7 Å². The Morgan fingerprint density at radius 1 is 1.38 bits per heavy atom. The number of carbonyl (C=O) groups excluding carboxylic acids is 2. The number of rotatable bonds is 6. The zero-order valence-corrected chi connectivity index (χ0v) is 13.2. The minimum absolute atomic E-state index is 0.0593. The molecule has 0 aliphatic carbocycles. The average molecular weight is 339 g/mol. The summed E-state index contributed by atoms with van der Waals surface area (Å²) < 4.78 is 20.9. The van der Waals surface area contributed by atoms with Crippen LogP contribution < -0.4 is 4.74 Å². The summed E-state index contributed by atoms with van der Waals surface area (Å²) in [6.45, 7) is 0. The van der Waals surface area contributed by atoms with Gasteiger partial charge in [0.1, 0.15) is 6.29 Å². The Labute approximate surface area is 137 Å². The van der Waals surface area contributed by atoms with Gasteiger partial charge in [-0.2, -0.15) is 0 Å². The van der Waals surface area contributed by atoms with Gasteiger partial charge in [-0.1, -0.05) is 0 Å². The molecule has 0 spiro atoms. The fourth-order valence-corrected chi connectivity index (χ4v) is 2.39. The second-order valence-electron chi connectivity index (χ2n) is 5.13. The van der Waals surface area contributed by atoms with Gasteiger partial charge in [0.05, 0.1) is 18.1 Å². The third-order valence-corrected chi connectivity index (χ3v) is 3.62. The van der Waals surface area contributed by atoms with Gasteiger partial charge in [-0.25, -0.2) is 4.79 Å². The van der Waals surface area contributed by atoms with E-state index >= 15 is 0 Å². The van der Waals surface area contributed by atoms with Gasteiger partial charge in [-0.3, -0.25) is 14.9 Å². The highest BCUT2D eigenvalue weighted by Gasteiger charge is 2.36. The van der Waals surface area contributed by atoms with Gasteiger partial charge in [0.15, 0.2) is 11.9 Å². The number of esters is 1. The van der Waals surface area contributed by atoms with Crippen LogP contribution in [-0.2, 0) is 19.0 Å². The summed E-state index contributed by atoms with van der Waals surface area (Å²) in [5.74, 6) is -0.632. The number of methoxy groups -OCH3 is 2. The maximum atomic E-state index is 11.7. The number of aldehydes is 1. The Balaban J connectivity index is 2.21. The number of nitro groups is 1. The quantitative estimate of drug-likeness (QED) is 0.331. The molecule has 0 N–H and O–H groups in total. The van der Waals surface area contributed by atoms with E-state index in [0.29, 0.717) is 12.7 Å². The molecule has 3 unspecified atom stereocenters. The van der Waals surface area contributed by atoms with E-state index < -0.39 is 23.3 Å². The third kappa shape index (κ3) is 4.06. The minimum atomic E-state index is -0.923. The Kier molecular flexibility index (Phi) is 5.83. The number of benzene rings is 1. The lowest BCUT2D eigenvalue weighted by atomic mass is 10.0. The summed E-state index contributed by atoms with van der Waals surface area (Å²) in [5, 5.41) is 11.1. The first-order valence-electron chi connectivity index (χ1n) is 7.14. The van der Waals surface area contributed by atoms with Crippen molar-refractivity contribution < 1.29 is 33.5 Å². The fraction of sp³-hybridized carbons (Fsp3) is 0.467. The van der Waals surface area contributed by atoms with Gasteiger partial charge in [-0.15, -0.1) is 0 Å². The smallest absolute Gasteiger partial charge is 0.335 e. The lowest BCUT2D eigenvalue weighted by Crippen LogP contribution is -2.43. The molecule has 1 aromatic rings. The van der Waals surface area contributed by atoms with E-state index in [1.54, 1.807) is 0 Å². The van der Waals surface area contributed by atoms with Crippen LogP contribution >= 0.6 is 0 Å². The SMILES string of the molecule is COC(=O)C1CC(OC)CC(Oc2ccc(C=O)cc2[N+](=O)[O-])O1. The molecule has 0 aromatic heterocycles. The molecule has 1 saturated heterocycles. The van der Waals surface area contributed by atoms with Crippen LogP contribution in [0.25, 0.3) is 0 Å². The number of hydrogen-bond acceptors (Lipinski definition) is 8. The van der Waals surface area contributed by atoms with Crippen molar-refractivity contribution >= 4 is 17.9 Å². The summed E-state index contributed by atoms with van der Waals surface area (Å²) in [4.78, 5) is 32.9. The van der Waals surface area contributed by atoms with Gasteiger partial charge in [0, 0.05) is 31.6 Å². The minimum Gasteiger partial charge on any atom is -0.467 e. The summed E-state index contributed by atoms with van der Waals surface area (Å²) in [6, 6.07) is 3.81. The molecule has 3 atom stereocenters. The van der Waals surface area contributed by atoms with Crippen molar-refractivity contribution in [2.24, 2.45) is 0 Å². The maximum absolute atomic E-state index is 11.7. The van der Waals surface area contributed by atoms with Crippen LogP contribution in [0.4, 0.5) is 5.69 Å². The lowest BCUT2D eigenvalue weighted by molar-refractivity contribution is -0.386. The Hall–Kier alpha value is -2.52. The van der Waals surface area contributed by atoms with Gasteiger partial charge < -0.3 is 18.9 Å². The molecular weight excluding hydrogens is 322 g/mol. The molecule has 1 fully saturated rings. The van der Waals surface area contributed by atoms with Gasteiger partial charge >= 0.3 is 11.7 Å². The first kappa shape index (κ1) is 17.8. The molecule has 2 rings (SSSR count). The molecule has 130 valence electrons. The Bertz CT molecular complexity index is 632. The third-order valence-electron chi connectivity index (χ3n) is 3.62. The first-order chi connectivity index (χ1) is 11.5. The standard InChI is InChI=1S/C15H17NO8/c1-21-10-6-13(15(18)22-2)24-14(7-10)23-12-4-3-9(8-17)5-11(12)16(19)20/h3-5,8,10,13-14H,6-7H2,1-2H3. The topological polar surface area (TPSA) is 114 Å². The summed E-state index contributed by atoms with van der Waals surface area (Å²) in [7, 11) is 2.73. The monoisotopic (exact) mass is 339 g/mol. The molecule has 9 nitrogen and oxygen atoms in total. The molecule has 9 heteroatoms. The molecule has 24 heavy (non-hydrogen) atoms. The van der Waals surface area contributed by atoms with Crippen molar-refractivity contribution in [2.45, 2.75) is 31.3 Å². The Morgan fingerprint density at radius 2 is 2.12 bits per heavy atom. The number of nitrogens with zero attached hydrogens (tertiary/aromatic N) is 1. The molecule has 0 radical (unpaired) electrons. The van der Waals surface area contributed by atoms with E-state index in [-0.39, 0.29) is 29.5 Å². The van der Waals surface area contributed by atoms with Crippen molar-refractivity contribution in [3.8, 4) is 5.75 Å². The lowest BCUT2D eigenvalue weighted by Gasteiger charge is -2.33. The van der Waals surface area contributed by atoms with E-state index in [1.807, 2.05) is 0 Å². The zero-order chi connectivity index (χ0) is 17.7. The van der Waals surface area contributed by atoms with E-state index in [0.717, 1.165) is 6.07 Å². The molecule has 1 heterocycles. The maximum Gasteiger partial charge on any atom is 0.335 e. The first-order valence-corrected chi connectivity index (χ1v) is 7.14. The normalized spacial score (nSPS) is 23.3. The van der Waals surface area contributed by atoms with Crippen molar-refractivity contribution in [3.63, 3.8) is 0 Å². The van der Waals surface area contributed by atoms with Crippen LogP contribution in [0.2, 0.25) is 0 Å². The highest BCUT2D eigenvalue weighted by molar-refractivity contribution is 5.77. The number of hydrogen-bond donors (Lipinski definition) is 0. The van der Waals surface area contributed by atoms with Crippen molar-refractivity contribution in [1.82, 2.24) is 0 Å². The second kappa shape index (κ2) is 7.84. The van der Waals surface area contributed by atoms with Gasteiger partial charge in [0.2, 0.25) is 6.29 Å². The largest absolute Gasteiger partial charge is 0.467 e. The van der Waals surface area contributed by atoms with Crippen LogP contribution in [0.15, 0.2) is 18.2 Å². The fourth-order valence-electron chi connectivity index (χ4n) is 2.39. The number of nitro benzene ring substituents is 1. The number of ether oxygens (including phenoxy) is 4. The van der Waals surface area contributed by atoms with Gasteiger partial charge in [0.25, 0.3) is 0 Å². The van der Waals surface area contributed by atoms with Crippen molar-refractivity contribution in [2.75, 3.05) is 14.2 Å². The van der Waals surface area contributed by atoms with Crippen LogP contribution in [0, 0.1) is 10.1 Å². The van der Waals surface area contributed by atoms with Crippen LogP contribution in [0.5, 0.6) is 5.75 Å². The Morgan fingerprint density at radius 3 is 2.71 bits per heavy atom. The van der Waals surface area contributed by atoms with Gasteiger partial charge in [-0.05, 0) is 12.1 Å². The molecule has 0 bridgehead atoms. The molecular formula is C15H17NO8. The van der Waals surface area contributed by atoms with Crippen molar-refractivity contribution in [1.29, 1.82) is 0 Å². The second-order valence-corrected chi connectivity index (χ2v) is 5.13. The number of carbonyl (C=O) groups is 2. The summed E-state index contributed by atoms with van der Waals surface area (Å²) >= 11 is 0. The molecule has 0 saturated carbocycles. The zero-order valence-electron chi connectivity index (χ0n) is 13.2. The predicted molar refractivity (Wildman–Crippen MR) is 79.8 cm³/mol. The highest BCUT2D eigenvalue weighted by Crippen LogP contribution is 2.31. The van der Waals surface area contributed by atoms with Crippen LogP contribution in [0.1, 0.15) is 23.2 Å². The molecule has 1 aliphatic rings. The summed E-state index contributed by atoms with van der Waals surface area (Å²) in [5.41, 5.74) is -0.210. The van der Waals surface area contributed by atoms with E-state index in [4.69, 9.17) is 14.2 Å². The van der Waals surface area contributed by atoms with E-state index in [1.165, 1.54) is 26.4 Å². The summed E-state index contributed by atoms with van der Waals surface area (Å²) in [6.07, 6.45) is -1.03. The highest BCUT2D eigenvalue weighted by atomic mass is 16.7. The predicted octanol–water partition coefficient (Wildman–Crippen LogP) is 1.48. The van der Waals surface area contributed by atoms with Crippen LogP contribution in [-0.4, -0.2) is 49.9 Å². The van der Waals surface area contributed by atoms with Crippen molar-refractivity contribution in [3.05, 3.63) is 33.9 Å². The van der Waals surface area contributed by atoms with Crippen LogP contribution in [0.3, 0.4) is 0 Å².